The summed E-state index contributed by atoms with van der Waals surface area (Å²) in [4.78, 5) is 16.3. The summed E-state index contributed by atoms with van der Waals surface area (Å²) in [6.45, 7) is 4.76. The number of carbonyl (C=O) groups excluding carboxylic acids is 1. The van der Waals surface area contributed by atoms with Crippen molar-refractivity contribution in [3.63, 3.8) is 0 Å². The molecule has 1 unspecified atom stereocenters. The van der Waals surface area contributed by atoms with E-state index in [1.807, 2.05) is 50.2 Å². The quantitative estimate of drug-likeness (QED) is 0.479. The number of nitrogens with zero attached hydrogens (tertiary/aromatic N) is 1. The lowest BCUT2D eigenvalue weighted by atomic mass is 9.98. The number of aryl methyl sites for hydroxylation is 2. The molecule has 1 aliphatic carbocycles. The van der Waals surface area contributed by atoms with Crippen molar-refractivity contribution in [2.75, 3.05) is 13.2 Å². The van der Waals surface area contributed by atoms with Crippen LogP contribution in [-0.2, 0) is 22.4 Å². The molecule has 2 aromatic carbocycles. The van der Waals surface area contributed by atoms with Crippen LogP contribution in [0, 0.1) is 6.92 Å². The Balaban J connectivity index is 1.34. The summed E-state index contributed by atoms with van der Waals surface area (Å²) in [5.41, 5.74) is 4.38. The van der Waals surface area contributed by atoms with Crippen LogP contribution in [0.15, 0.2) is 52.9 Å². The average Bonchev–Trinajstić information content (AvgIpc) is 3.32. The number of rotatable bonds is 8. The van der Waals surface area contributed by atoms with Crippen molar-refractivity contribution in [2.24, 2.45) is 0 Å². The maximum Gasteiger partial charge on any atom is 0.306 e. The second kappa shape index (κ2) is 9.16. The smallest absolute Gasteiger partial charge is 0.306 e. The number of hydrogen-bond acceptors (Lipinski definition) is 5. The van der Waals surface area contributed by atoms with E-state index in [1.54, 1.807) is 0 Å². The molecule has 0 saturated heterocycles. The van der Waals surface area contributed by atoms with E-state index in [2.05, 4.69) is 17.1 Å². The van der Waals surface area contributed by atoms with Gasteiger partial charge in [-0.1, -0.05) is 24.3 Å². The van der Waals surface area contributed by atoms with Crippen LogP contribution >= 0.6 is 0 Å². The fourth-order valence-corrected chi connectivity index (χ4v) is 4.03. The number of ether oxygens (including phenoxy) is 2. The van der Waals surface area contributed by atoms with Gasteiger partial charge in [-0.3, -0.25) is 4.79 Å². The van der Waals surface area contributed by atoms with E-state index in [0.717, 1.165) is 35.6 Å². The SMILES string of the molecule is CCOC(=O)CC1CCc2cc(OCCc3oc(-c4ccccc4)nc3C)ccc21. The molecule has 4 rings (SSSR count). The van der Waals surface area contributed by atoms with Crippen LogP contribution in [0.25, 0.3) is 11.5 Å². The van der Waals surface area contributed by atoms with Gasteiger partial charge in [-0.25, -0.2) is 4.98 Å². The molecule has 0 bridgehead atoms. The normalized spacial score (nSPS) is 15.1. The van der Waals surface area contributed by atoms with Crippen molar-refractivity contribution in [3.8, 4) is 17.2 Å². The van der Waals surface area contributed by atoms with Crippen molar-refractivity contribution < 1.29 is 18.7 Å². The maximum absolute atomic E-state index is 11.8. The summed E-state index contributed by atoms with van der Waals surface area (Å²) in [5, 5.41) is 0. The number of carbonyl (C=O) groups is 1. The Morgan fingerprint density at radius 3 is 2.83 bits per heavy atom. The first-order valence-corrected chi connectivity index (χ1v) is 10.6. The first kappa shape index (κ1) is 20.2. The van der Waals surface area contributed by atoms with Crippen molar-refractivity contribution in [1.29, 1.82) is 0 Å². The number of benzene rings is 2. The van der Waals surface area contributed by atoms with Gasteiger partial charge in [0.25, 0.3) is 0 Å². The largest absolute Gasteiger partial charge is 0.493 e. The zero-order valence-electron chi connectivity index (χ0n) is 17.5. The van der Waals surface area contributed by atoms with Crippen molar-refractivity contribution in [2.45, 2.75) is 45.4 Å². The van der Waals surface area contributed by atoms with Gasteiger partial charge < -0.3 is 13.9 Å². The molecule has 0 spiro atoms. The molecule has 5 heteroatoms. The molecule has 1 aliphatic rings. The van der Waals surface area contributed by atoms with Crippen LogP contribution in [0.4, 0.5) is 0 Å². The van der Waals surface area contributed by atoms with Gasteiger partial charge in [0.05, 0.1) is 25.3 Å². The first-order chi connectivity index (χ1) is 14.6. The molecule has 0 saturated carbocycles. The third-order valence-electron chi connectivity index (χ3n) is 5.55. The van der Waals surface area contributed by atoms with Crippen molar-refractivity contribution in [3.05, 3.63) is 71.1 Å². The minimum atomic E-state index is -0.118. The van der Waals surface area contributed by atoms with Gasteiger partial charge in [-0.2, -0.15) is 0 Å². The van der Waals surface area contributed by atoms with Crippen LogP contribution in [0.1, 0.15) is 48.3 Å². The highest BCUT2D eigenvalue weighted by atomic mass is 16.5. The molecule has 0 N–H and O–H groups in total. The van der Waals surface area contributed by atoms with Crippen LogP contribution in [0.2, 0.25) is 0 Å². The van der Waals surface area contributed by atoms with Gasteiger partial charge in [0.2, 0.25) is 5.89 Å². The van der Waals surface area contributed by atoms with Crippen molar-refractivity contribution >= 4 is 5.97 Å². The van der Waals surface area contributed by atoms with E-state index in [0.29, 0.717) is 31.9 Å². The first-order valence-electron chi connectivity index (χ1n) is 10.6. The molecule has 5 nitrogen and oxygen atoms in total. The third kappa shape index (κ3) is 4.56. The Bertz CT molecular complexity index is 1010. The van der Waals surface area contributed by atoms with E-state index >= 15 is 0 Å². The minimum absolute atomic E-state index is 0.118. The molecule has 1 aromatic heterocycles. The molecule has 1 atom stereocenters. The fourth-order valence-electron chi connectivity index (χ4n) is 4.03. The molecular weight excluding hydrogens is 378 g/mol. The predicted octanol–water partition coefficient (Wildman–Crippen LogP) is 5.25. The number of fused-ring (bicyclic) bond motifs is 1. The second-order valence-corrected chi connectivity index (χ2v) is 7.60. The molecule has 0 amide bonds. The Kier molecular flexibility index (Phi) is 6.17. The van der Waals surface area contributed by atoms with E-state index < -0.39 is 0 Å². The number of esters is 1. The van der Waals surface area contributed by atoms with Gasteiger partial charge >= 0.3 is 5.97 Å². The fraction of sp³-hybridized carbons (Fsp3) is 0.360. The summed E-state index contributed by atoms with van der Waals surface area (Å²) in [5.74, 6) is 2.48. The standard InChI is InChI=1S/C25H27NO4/c1-3-28-24(27)16-20-10-9-19-15-21(11-12-22(19)20)29-14-13-23-17(2)26-25(30-23)18-7-5-4-6-8-18/h4-8,11-12,15,20H,3,9-10,13-14,16H2,1-2H3. The van der Waals surface area contributed by atoms with Gasteiger partial charge in [0, 0.05) is 12.0 Å². The highest BCUT2D eigenvalue weighted by Gasteiger charge is 2.25. The van der Waals surface area contributed by atoms with Gasteiger partial charge in [0.15, 0.2) is 0 Å². The molecule has 0 aliphatic heterocycles. The second-order valence-electron chi connectivity index (χ2n) is 7.60. The summed E-state index contributed by atoms with van der Waals surface area (Å²) < 4.78 is 17.0. The van der Waals surface area contributed by atoms with Crippen LogP contribution in [0.3, 0.4) is 0 Å². The van der Waals surface area contributed by atoms with E-state index in [-0.39, 0.29) is 11.9 Å². The summed E-state index contributed by atoms with van der Waals surface area (Å²) in [6.07, 6.45) is 3.07. The summed E-state index contributed by atoms with van der Waals surface area (Å²) >= 11 is 0. The van der Waals surface area contributed by atoms with E-state index in [4.69, 9.17) is 13.9 Å². The minimum Gasteiger partial charge on any atom is -0.493 e. The van der Waals surface area contributed by atoms with Gasteiger partial charge in [-0.15, -0.1) is 0 Å². The topological polar surface area (TPSA) is 61.6 Å². The average molecular weight is 405 g/mol. The third-order valence-corrected chi connectivity index (χ3v) is 5.55. The Morgan fingerprint density at radius 1 is 1.20 bits per heavy atom. The lowest BCUT2D eigenvalue weighted by Crippen LogP contribution is -2.08. The lowest BCUT2D eigenvalue weighted by Gasteiger charge is -2.12. The molecular formula is C25H27NO4. The van der Waals surface area contributed by atoms with Crippen molar-refractivity contribution in [1.82, 2.24) is 4.98 Å². The molecule has 30 heavy (non-hydrogen) atoms. The Labute approximate surface area is 177 Å². The number of aromatic nitrogens is 1. The summed E-state index contributed by atoms with van der Waals surface area (Å²) in [7, 11) is 0. The molecule has 1 heterocycles. The number of hydrogen-bond donors (Lipinski definition) is 0. The van der Waals surface area contributed by atoms with Crippen LogP contribution < -0.4 is 4.74 Å². The summed E-state index contributed by atoms with van der Waals surface area (Å²) in [6, 6.07) is 16.1. The zero-order chi connectivity index (χ0) is 20.9. The highest BCUT2D eigenvalue weighted by Crippen LogP contribution is 2.37. The number of oxazole rings is 1. The molecule has 0 radical (unpaired) electrons. The van der Waals surface area contributed by atoms with Crippen LogP contribution in [0.5, 0.6) is 5.75 Å². The zero-order valence-corrected chi connectivity index (χ0v) is 17.5. The van der Waals surface area contributed by atoms with Gasteiger partial charge in [-0.05, 0) is 68.0 Å². The Morgan fingerprint density at radius 2 is 2.03 bits per heavy atom. The highest BCUT2D eigenvalue weighted by molar-refractivity contribution is 5.71. The molecule has 3 aromatic rings. The van der Waals surface area contributed by atoms with E-state index in [9.17, 15) is 4.79 Å². The van der Waals surface area contributed by atoms with E-state index in [1.165, 1.54) is 11.1 Å². The van der Waals surface area contributed by atoms with Crippen LogP contribution in [-0.4, -0.2) is 24.2 Å². The Hall–Kier alpha value is -3.08. The maximum atomic E-state index is 11.8. The lowest BCUT2D eigenvalue weighted by molar-refractivity contribution is -0.143. The molecule has 0 fully saturated rings. The predicted molar refractivity (Wildman–Crippen MR) is 115 cm³/mol. The molecule has 156 valence electrons. The monoisotopic (exact) mass is 405 g/mol. The van der Waals surface area contributed by atoms with Gasteiger partial charge in [0.1, 0.15) is 11.5 Å².